The van der Waals surface area contributed by atoms with Crippen molar-refractivity contribution in [1.82, 2.24) is 4.90 Å². The number of methoxy groups -OCH3 is 1. The van der Waals surface area contributed by atoms with Gasteiger partial charge in [0.05, 0.1) is 12.6 Å². The molecule has 0 spiro atoms. The van der Waals surface area contributed by atoms with E-state index >= 15 is 0 Å². The number of halogens is 1. The summed E-state index contributed by atoms with van der Waals surface area (Å²) in [4.78, 5) is 14.2. The minimum Gasteiger partial charge on any atom is -0.496 e. The number of likely N-dealkylation sites (N-methyl/N-ethyl adjacent to an activating group) is 1. The van der Waals surface area contributed by atoms with Crippen molar-refractivity contribution >= 4 is 17.5 Å². The number of ether oxygens (including phenoxy) is 2. The van der Waals surface area contributed by atoms with E-state index in [0.717, 1.165) is 5.56 Å². The molecule has 1 aromatic rings. The van der Waals surface area contributed by atoms with Crippen molar-refractivity contribution in [3.05, 3.63) is 28.8 Å². The average molecular weight is 313 g/mol. The minimum absolute atomic E-state index is 0.0761. The Labute approximate surface area is 130 Å². The molecule has 0 radical (unpaired) electrons. The molecule has 1 aliphatic rings. The molecule has 0 aromatic heterocycles. The van der Waals surface area contributed by atoms with Gasteiger partial charge >= 0.3 is 0 Å². The largest absolute Gasteiger partial charge is 0.496 e. The van der Waals surface area contributed by atoms with Crippen LogP contribution in [0.2, 0.25) is 5.02 Å². The molecule has 0 bridgehead atoms. The summed E-state index contributed by atoms with van der Waals surface area (Å²) in [5.74, 6) is 0.630. The molecule has 5 nitrogen and oxygen atoms in total. The number of carbonyl (C=O) groups is 1. The Morgan fingerprint density at radius 1 is 1.48 bits per heavy atom. The Bertz CT molecular complexity index is 516. The van der Waals surface area contributed by atoms with Crippen LogP contribution >= 0.6 is 11.6 Å². The van der Waals surface area contributed by atoms with Gasteiger partial charge in [0.25, 0.3) is 0 Å². The zero-order valence-corrected chi connectivity index (χ0v) is 13.2. The van der Waals surface area contributed by atoms with Gasteiger partial charge in [-0.05, 0) is 31.0 Å². The molecule has 0 aliphatic carbocycles. The predicted octanol–water partition coefficient (Wildman–Crippen LogP) is 1.81. The Hall–Kier alpha value is -1.30. The van der Waals surface area contributed by atoms with E-state index in [1.54, 1.807) is 37.3 Å². The van der Waals surface area contributed by atoms with Crippen molar-refractivity contribution < 1.29 is 14.3 Å². The molecule has 1 aromatic carbocycles. The van der Waals surface area contributed by atoms with E-state index in [1.807, 2.05) is 0 Å². The minimum atomic E-state index is -0.835. The van der Waals surface area contributed by atoms with Crippen LogP contribution < -0.4 is 10.5 Å². The lowest BCUT2D eigenvalue weighted by atomic mass is 9.89. The van der Waals surface area contributed by atoms with Gasteiger partial charge in [-0.15, -0.1) is 0 Å². The van der Waals surface area contributed by atoms with Gasteiger partial charge in [0, 0.05) is 37.4 Å². The van der Waals surface area contributed by atoms with E-state index in [4.69, 9.17) is 26.8 Å². The number of carbonyl (C=O) groups excluding carboxylic acids is 1. The van der Waals surface area contributed by atoms with Crippen molar-refractivity contribution in [2.24, 2.45) is 5.73 Å². The number of nitrogens with two attached hydrogens (primary N) is 1. The Morgan fingerprint density at radius 3 is 2.76 bits per heavy atom. The van der Waals surface area contributed by atoms with Crippen molar-refractivity contribution in [3.63, 3.8) is 0 Å². The summed E-state index contributed by atoms with van der Waals surface area (Å²) in [6.07, 6.45) is 1.09. The van der Waals surface area contributed by atoms with Crippen LogP contribution in [0.4, 0.5) is 0 Å². The van der Waals surface area contributed by atoms with Crippen LogP contribution in [-0.4, -0.2) is 43.7 Å². The summed E-state index contributed by atoms with van der Waals surface area (Å²) in [7, 11) is 3.34. The molecule has 2 rings (SSSR count). The lowest BCUT2D eigenvalue weighted by molar-refractivity contribution is -0.139. The summed E-state index contributed by atoms with van der Waals surface area (Å²) in [5.41, 5.74) is 6.25. The number of hydrogen-bond acceptors (Lipinski definition) is 4. The number of amides is 1. The summed E-state index contributed by atoms with van der Waals surface area (Å²) < 4.78 is 10.6. The molecule has 0 saturated carbocycles. The molecular formula is C15H21ClN2O3. The van der Waals surface area contributed by atoms with E-state index in [9.17, 15) is 4.79 Å². The van der Waals surface area contributed by atoms with Gasteiger partial charge in [0.2, 0.25) is 5.91 Å². The van der Waals surface area contributed by atoms with Gasteiger partial charge in [-0.1, -0.05) is 11.6 Å². The molecule has 2 N–H and O–H groups in total. The van der Waals surface area contributed by atoms with Crippen LogP contribution in [0.5, 0.6) is 5.75 Å². The maximum absolute atomic E-state index is 12.6. The second kappa shape index (κ2) is 6.64. The van der Waals surface area contributed by atoms with Gasteiger partial charge in [-0.2, -0.15) is 0 Å². The van der Waals surface area contributed by atoms with E-state index in [2.05, 4.69) is 0 Å². The van der Waals surface area contributed by atoms with Crippen molar-refractivity contribution in [2.75, 3.05) is 27.4 Å². The maximum atomic E-state index is 12.6. The molecule has 1 heterocycles. The monoisotopic (exact) mass is 312 g/mol. The van der Waals surface area contributed by atoms with Crippen LogP contribution in [0.3, 0.4) is 0 Å². The van der Waals surface area contributed by atoms with E-state index in [0.29, 0.717) is 43.4 Å². The Kier molecular flexibility index (Phi) is 5.08. The van der Waals surface area contributed by atoms with Gasteiger partial charge < -0.3 is 20.1 Å². The molecule has 21 heavy (non-hydrogen) atoms. The summed E-state index contributed by atoms with van der Waals surface area (Å²) in [6.45, 7) is 1.45. The third kappa shape index (κ3) is 3.67. The first-order valence-electron chi connectivity index (χ1n) is 6.91. The Balaban J connectivity index is 2.12. The van der Waals surface area contributed by atoms with Crippen LogP contribution in [0.15, 0.2) is 18.2 Å². The second-order valence-electron chi connectivity index (χ2n) is 5.39. The van der Waals surface area contributed by atoms with Crippen LogP contribution in [-0.2, 0) is 16.1 Å². The van der Waals surface area contributed by atoms with Crippen LogP contribution in [0, 0.1) is 0 Å². The van der Waals surface area contributed by atoms with Crippen molar-refractivity contribution in [1.29, 1.82) is 0 Å². The highest BCUT2D eigenvalue weighted by atomic mass is 35.5. The SMILES string of the molecule is COc1ccc(Cl)cc1CN(C)C(=O)C1(N)CCOCC1. The molecule has 1 amide bonds. The van der Waals surface area contributed by atoms with Gasteiger partial charge in [0.1, 0.15) is 5.75 Å². The smallest absolute Gasteiger partial charge is 0.242 e. The molecular weight excluding hydrogens is 292 g/mol. The summed E-state index contributed by atoms with van der Waals surface area (Å²) in [5, 5.41) is 0.611. The lowest BCUT2D eigenvalue weighted by Crippen LogP contribution is -2.57. The third-order valence-electron chi connectivity index (χ3n) is 3.81. The summed E-state index contributed by atoms with van der Waals surface area (Å²) >= 11 is 6.01. The molecule has 1 fully saturated rings. The number of benzene rings is 1. The summed E-state index contributed by atoms with van der Waals surface area (Å²) in [6, 6.07) is 5.36. The zero-order chi connectivity index (χ0) is 15.5. The first-order valence-corrected chi connectivity index (χ1v) is 7.29. The molecule has 0 unspecified atom stereocenters. The first-order chi connectivity index (χ1) is 9.96. The highest BCUT2D eigenvalue weighted by Gasteiger charge is 2.38. The highest BCUT2D eigenvalue weighted by molar-refractivity contribution is 6.30. The standard InChI is InChI=1S/C15H21ClN2O3/c1-18(14(19)15(17)5-7-21-8-6-15)10-11-9-12(16)3-4-13(11)20-2/h3-4,9H,5-8,10,17H2,1-2H3. The number of rotatable bonds is 4. The zero-order valence-electron chi connectivity index (χ0n) is 12.4. The fourth-order valence-corrected chi connectivity index (χ4v) is 2.72. The molecule has 0 atom stereocenters. The molecule has 116 valence electrons. The fraction of sp³-hybridized carbons (Fsp3) is 0.533. The van der Waals surface area contributed by atoms with E-state index in [1.165, 1.54) is 0 Å². The number of nitrogens with zero attached hydrogens (tertiary/aromatic N) is 1. The third-order valence-corrected chi connectivity index (χ3v) is 4.04. The van der Waals surface area contributed by atoms with Crippen molar-refractivity contribution in [3.8, 4) is 5.75 Å². The predicted molar refractivity (Wildman–Crippen MR) is 81.4 cm³/mol. The highest BCUT2D eigenvalue weighted by Crippen LogP contribution is 2.26. The van der Waals surface area contributed by atoms with Crippen molar-refractivity contribution in [2.45, 2.75) is 24.9 Å². The normalized spacial score (nSPS) is 17.3. The second-order valence-corrected chi connectivity index (χ2v) is 5.82. The Morgan fingerprint density at radius 2 is 2.14 bits per heavy atom. The van der Waals surface area contributed by atoms with Crippen LogP contribution in [0.25, 0.3) is 0 Å². The van der Waals surface area contributed by atoms with Crippen LogP contribution in [0.1, 0.15) is 18.4 Å². The topological polar surface area (TPSA) is 64.8 Å². The quantitative estimate of drug-likeness (QED) is 0.921. The molecule has 6 heteroatoms. The molecule has 1 aliphatic heterocycles. The number of hydrogen-bond donors (Lipinski definition) is 1. The van der Waals surface area contributed by atoms with Gasteiger partial charge in [-0.25, -0.2) is 0 Å². The maximum Gasteiger partial charge on any atom is 0.242 e. The van der Waals surface area contributed by atoms with E-state index in [-0.39, 0.29) is 5.91 Å². The fourth-order valence-electron chi connectivity index (χ4n) is 2.53. The van der Waals surface area contributed by atoms with E-state index < -0.39 is 5.54 Å². The van der Waals surface area contributed by atoms with Gasteiger partial charge in [0.15, 0.2) is 0 Å². The van der Waals surface area contributed by atoms with Gasteiger partial charge in [-0.3, -0.25) is 4.79 Å². The lowest BCUT2D eigenvalue weighted by Gasteiger charge is -2.35. The molecule has 1 saturated heterocycles. The first kappa shape index (κ1) is 16.1. The average Bonchev–Trinajstić information content (AvgIpc) is 2.47.